The molecule has 0 heterocycles. The van der Waals surface area contributed by atoms with E-state index >= 15 is 0 Å². The first kappa shape index (κ1) is 15.8. The van der Waals surface area contributed by atoms with E-state index in [0.29, 0.717) is 0 Å². The molecule has 1 aromatic rings. The van der Waals surface area contributed by atoms with Gasteiger partial charge in [0.25, 0.3) is 0 Å². The van der Waals surface area contributed by atoms with Gasteiger partial charge in [0.1, 0.15) is 0 Å². The topological polar surface area (TPSA) is 63.0 Å². The molecule has 14 heavy (non-hydrogen) atoms. The molecule has 0 bridgehead atoms. The van der Waals surface area contributed by atoms with E-state index in [2.05, 4.69) is 58.3 Å². The molecule has 0 spiro atoms. The summed E-state index contributed by atoms with van der Waals surface area (Å²) in [7, 11) is 6.63. The highest BCUT2D eigenvalue weighted by atomic mass is 28.2. The van der Waals surface area contributed by atoms with Crippen LogP contribution in [0.5, 0.6) is 0 Å². The second-order valence-corrected chi connectivity index (χ2v) is 6.76. The number of hydrogen-bond donors (Lipinski definition) is 0. The van der Waals surface area contributed by atoms with Crippen LogP contribution in [0.2, 0.25) is 0 Å². The molecule has 4 N–H and O–H groups in total. The fourth-order valence-corrected chi connectivity index (χ4v) is 2.00. The second-order valence-electron chi connectivity index (χ2n) is 4.09. The molecule has 1 radical (unpaired) electrons. The first-order valence-corrected chi connectivity index (χ1v) is 5.71. The normalized spacial score (nSPS) is 10.5. The molecule has 0 aliphatic rings. The Morgan fingerprint density at radius 3 is 1.93 bits per heavy atom. The number of hydrogen-bond acceptors (Lipinski definition) is 0. The largest absolute Gasteiger partial charge is 0.412 e. The zero-order valence-electron chi connectivity index (χ0n) is 9.12. The van der Waals surface area contributed by atoms with Gasteiger partial charge in [-0.2, -0.15) is 0 Å². The van der Waals surface area contributed by atoms with Crippen molar-refractivity contribution in [2.24, 2.45) is 0 Å². The SMILES string of the molecule is C[N+](C)(C)[SiH2][B]c1ccccc1.O.O. The molecule has 0 atom stereocenters. The Morgan fingerprint density at radius 1 is 1.00 bits per heavy atom. The summed E-state index contributed by atoms with van der Waals surface area (Å²) in [5.74, 6) is 0. The van der Waals surface area contributed by atoms with Crippen LogP contribution in [0, 0.1) is 0 Å². The van der Waals surface area contributed by atoms with Crippen molar-refractivity contribution in [3.05, 3.63) is 30.3 Å². The Hall–Kier alpha value is -0.618. The molecule has 79 valence electrons. The van der Waals surface area contributed by atoms with Gasteiger partial charge in [0.05, 0.1) is 21.1 Å². The van der Waals surface area contributed by atoms with Crippen molar-refractivity contribution < 1.29 is 15.1 Å². The molecule has 0 saturated carbocycles. The van der Waals surface area contributed by atoms with Gasteiger partial charge in [0.2, 0.25) is 16.4 Å². The molecule has 3 nitrogen and oxygen atoms in total. The van der Waals surface area contributed by atoms with Crippen LogP contribution in [-0.4, -0.2) is 52.7 Å². The predicted octanol–water partition coefficient (Wildman–Crippen LogP) is -1.93. The minimum absolute atomic E-state index is 0. The lowest BCUT2D eigenvalue weighted by Crippen LogP contribution is -2.44. The zero-order valence-corrected chi connectivity index (χ0v) is 10.5. The summed E-state index contributed by atoms with van der Waals surface area (Å²) in [4.78, 5) is 0. The molecule has 0 fully saturated rings. The molecular formula is C9H20BNO2Si+. The number of nitrogens with zero attached hydrogens (tertiary/aromatic N) is 1. The monoisotopic (exact) mass is 213 g/mol. The summed E-state index contributed by atoms with van der Waals surface area (Å²) >= 11 is 0. The maximum absolute atomic E-state index is 2.40. The maximum Gasteiger partial charge on any atom is 0.215 e. The predicted molar refractivity (Wildman–Crippen MR) is 65.6 cm³/mol. The summed E-state index contributed by atoms with van der Waals surface area (Å²) in [6, 6.07) is 10.6. The van der Waals surface area contributed by atoms with Crippen LogP contribution in [0.25, 0.3) is 0 Å². The van der Waals surface area contributed by atoms with Crippen molar-refractivity contribution in [1.29, 1.82) is 0 Å². The van der Waals surface area contributed by atoms with Crippen LogP contribution >= 0.6 is 0 Å². The first-order chi connectivity index (χ1) is 5.58. The van der Waals surface area contributed by atoms with Gasteiger partial charge in [-0.05, 0) is 0 Å². The number of rotatable bonds is 3. The van der Waals surface area contributed by atoms with Crippen molar-refractivity contribution in [3.63, 3.8) is 0 Å². The van der Waals surface area contributed by atoms with Crippen molar-refractivity contribution >= 4 is 21.9 Å². The van der Waals surface area contributed by atoms with Crippen molar-refractivity contribution in [2.45, 2.75) is 0 Å². The molecule has 0 saturated heterocycles. The molecule has 0 aliphatic heterocycles. The molecule has 0 aliphatic carbocycles. The Balaban J connectivity index is 0. The molecule has 1 rings (SSSR count). The van der Waals surface area contributed by atoms with E-state index in [1.54, 1.807) is 0 Å². The lowest BCUT2D eigenvalue weighted by molar-refractivity contribution is -0.752. The lowest BCUT2D eigenvalue weighted by atomic mass is 9.95. The van der Waals surface area contributed by atoms with E-state index in [1.807, 2.05) is 0 Å². The standard InChI is InChI=1S/C9H16BNSi.2H2O/c1-11(2,3)12-10-9-7-5-4-6-8-9;;/h4-8H,12H2,1-3H3;2*1H2/q+1;;. The van der Waals surface area contributed by atoms with Crippen LogP contribution in [0.4, 0.5) is 0 Å². The number of benzene rings is 1. The fraction of sp³-hybridized carbons (Fsp3) is 0.333. The minimum atomic E-state index is -0.136. The van der Waals surface area contributed by atoms with Crippen LogP contribution in [0.15, 0.2) is 30.3 Å². The highest BCUT2D eigenvalue weighted by molar-refractivity contribution is 7.04. The van der Waals surface area contributed by atoms with Gasteiger partial charge in [-0.25, -0.2) is 0 Å². The molecular weight excluding hydrogens is 193 g/mol. The Labute approximate surface area is 89.0 Å². The van der Waals surface area contributed by atoms with E-state index in [4.69, 9.17) is 0 Å². The number of quaternary nitrogens is 1. The molecule has 5 heteroatoms. The fourth-order valence-electron chi connectivity index (χ4n) is 0.968. The maximum atomic E-state index is 2.40. The zero-order chi connectivity index (χ0) is 9.03. The molecule has 0 aromatic heterocycles. The third kappa shape index (κ3) is 6.85. The average molecular weight is 213 g/mol. The Morgan fingerprint density at radius 2 is 1.50 bits per heavy atom. The van der Waals surface area contributed by atoms with Crippen LogP contribution in [0.3, 0.4) is 0 Å². The van der Waals surface area contributed by atoms with Gasteiger partial charge in [0, 0.05) is 0 Å². The van der Waals surface area contributed by atoms with Crippen molar-refractivity contribution in [2.75, 3.05) is 21.1 Å². The van der Waals surface area contributed by atoms with E-state index in [0.717, 1.165) is 4.15 Å². The minimum Gasteiger partial charge on any atom is -0.412 e. The third-order valence-electron chi connectivity index (χ3n) is 1.67. The summed E-state index contributed by atoms with van der Waals surface area (Å²) in [5.41, 5.74) is 1.37. The van der Waals surface area contributed by atoms with Crippen LogP contribution in [-0.2, 0) is 0 Å². The lowest BCUT2D eigenvalue weighted by Gasteiger charge is -2.24. The molecule has 0 unspecified atom stereocenters. The molecule has 0 amide bonds. The second kappa shape index (κ2) is 6.78. The Bertz CT molecular complexity index is 238. The highest BCUT2D eigenvalue weighted by Crippen LogP contribution is 1.85. The van der Waals surface area contributed by atoms with E-state index in [9.17, 15) is 0 Å². The summed E-state index contributed by atoms with van der Waals surface area (Å²) in [5, 5.41) is 0. The first-order valence-electron chi connectivity index (χ1n) is 4.27. The van der Waals surface area contributed by atoms with Gasteiger partial charge in [0.15, 0.2) is 0 Å². The van der Waals surface area contributed by atoms with Crippen molar-refractivity contribution in [3.8, 4) is 0 Å². The third-order valence-corrected chi connectivity index (χ3v) is 3.42. The van der Waals surface area contributed by atoms with Gasteiger partial charge < -0.3 is 15.1 Å². The van der Waals surface area contributed by atoms with Crippen molar-refractivity contribution in [1.82, 2.24) is 0 Å². The van der Waals surface area contributed by atoms with Gasteiger partial charge in [-0.1, -0.05) is 35.8 Å². The smallest absolute Gasteiger partial charge is 0.215 e. The molecule has 1 aromatic carbocycles. The van der Waals surface area contributed by atoms with Gasteiger partial charge in [-0.3, -0.25) is 0 Å². The summed E-state index contributed by atoms with van der Waals surface area (Å²) in [6.07, 6.45) is 0. The average Bonchev–Trinajstić information content (AvgIpc) is 2.02. The van der Waals surface area contributed by atoms with E-state index < -0.39 is 0 Å². The van der Waals surface area contributed by atoms with Gasteiger partial charge >= 0.3 is 0 Å². The quantitative estimate of drug-likeness (QED) is 0.525. The van der Waals surface area contributed by atoms with E-state index in [1.165, 1.54) is 5.46 Å². The van der Waals surface area contributed by atoms with Crippen LogP contribution < -0.4 is 5.46 Å². The Kier molecular flexibility index (Phi) is 7.67. The summed E-state index contributed by atoms with van der Waals surface area (Å²) < 4.78 is 1.12. The highest BCUT2D eigenvalue weighted by Gasteiger charge is 2.09. The summed E-state index contributed by atoms with van der Waals surface area (Å²) in [6.45, 7) is 2.40. The van der Waals surface area contributed by atoms with Crippen LogP contribution in [0.1, 0.15) is 0 Å². The van der Waals surface area contributed by atoms with Gasteiger partial charge in [-0.15, -0.1) is 0 Å². The van der Waals surface area contributed by atoms with E-state index in [-0.39, 0.29) is 20.5 Å².